The third-order valence-corrected chi connectivity index (χ3v) is 3.24. The molecule has 1 aliphatic rings. The molecule has 5 nitrogen and oxygen atoms in total. The Kier molecular flexibility index (Phi) is 4.53. The minimum absolute atomic E-state index is 0.0510. The molecule has 0 spiro atoms. The summed E-state index contributed by atoms with van der Waals surface area (Å²) in [6.45, 7) is 2.98. The van der Waals surface area contributed by atoms with Crippen molar-refractivity contribution in [2.75, 3.05) is 18.5 Å². The standard InChI is InChI=1S/C15H17NO4/c1-10-2-3-11(4-5-14(17)18)8-13(10)16-15(19)12-6-7-20-9-12/h2-5,8,12H,6-7,9H2,1H3,(H,16,19)(H,17,18). The monoisotopic (exact) mass is 275 g/mol. The number of benzene rings is 1. The molecule has 1 fully saturated rings. The number of carboxylic acid groups (broad SMARTS) is 1. The van der Waals surface area contributed by atoms with Gasteiger partial charge in [-0.1, -0.05) is 12.1 Å². The van der Waals surface area contributed by atoms with Gasteiger partial charge in [0.15, 0.2) is 0 Å². The number of carboxylic acids is 1. The smallest absolute Gasteiger partial charge is 0.328 e. The largest absolute Gasteiger partial charge is 0.478 e. The molecule has 1 aromatic carbocycles. The van der Waals surface area contributed by atoms with Crippen LogP contribution >= 0.6 is 0 Å². The Labute approximate surface area is 117 Å². The third-order valence-electron chi connectivity index (χ3n) is 3.24. The van der Waals surface area contributed by atoms with Crippen LogP contribution in [-0.4, -0.2) is 30.2 Å². The van der Waals surface area contributed by atoms with Crippen LogP contribution in [0, 0.1) is 12.8 Å². The highest BCUT2D eigenvalue weighted by atomic mass is 16.5. The molecule has 1 aliphatic heterocycles. The molecule has 2 rings (SSSR count). The van der Waals surface area contributed by atoms with Gasteiger partial charge in [0.05, 0.1) is 12.5 Å². The fourth-order valence-electron chi connectivity index (χ4n) is 2.02. The number of amides is 1. The van der Waals surface area contributed by atoms with Gasteiger partial charge in [0.1, 0.15) is 0 Å². The van der Waals surface area contributed by atoms with Gasteiger partial charge in [-0.25, -0.2) is 4.79 Å². The Balaban J connectivity index is 2.11. The zero-order chi connectivity index (χ0) is 14.5. The lowest BCUT2D eigenvalue weighted by Crippen LogP contribution is -2.23. The van der Waals surface area contributed by atoms with E-state index in [1.54, 1.807) is 6.07 Å². The van der Waals surface area contributed by atoms with Crippen molar-refractivity contribution in [2.45, 2.75) is 13.3 Å². The maximum Gasteiger partial charge on any atom is 0.328 e. The molecular formula is C15H17NO4. The van der Waals surface area contributed by atoms with E-state index in [2.05, 4.69) is 5.32 Å². The first-order valence-corrected chi connectivity index (χ1v) is 6.46. The number of nitrogens with one attached hydrogen (secondary N) is 1. The van der Waals surface area contributed by atoms with Gasteiger partial charge in [-0.2, -0.15) is 0 Å². The van der Waals surface area contributed by atoms with Crippen LogP contribution in [0.1, 0.15) is 17.5 Å². The summed E-state index contributed by atoms with van der Waals surface area (Å²) in [4.78, 5) is 22.5. The van der Waals surface area contributed by atoms with E-state index in [9.17, 15) is 9.59 Å². The molecule has 106 valence electrons. The van der Waals surface area contributed by atoms with Crippen molar-refractivity contribution < 1.29 is 19.4 Å². The molecule has 5 heteroatoms. The molecule has 0 aliphatic carbocycles. The van der Waals surface area contributed by atoms with E-state index >= 15 is 0 Å². The second kappa shape index (κ2) is 6.34. The SMILES string of the molecule is Cc1ccc(C=CC(=O)O)cc1NC(=O)C1CCOC1. The van der Waals surface area contributed by atoms with E-state index in [0.29, 0.717) is 18.9 Å². The number of aliphatic carboxylic acids is 1. The number of hydrogen-bond donors (Lipinski definition) is 2. The summed E-state index contributed by atoms with van der Waals surface area (Å²) in [5, 5.41) is 11.5. The highest BCUT2D eigenvalue weighted by Gasteiger charge is 2.23. The van der Waals surface area contributed by atoms with Gasteiger partial charge in [-0.3, -0.25) is 4.79 Å². The molecule has 1 atom stereocenters. The predicted molar refractivity (Wildman–Crippen MR) is 75.4 cm³/mol. The average molecular weight is 275 g/mol. The van der Waals surface area contributed by atoms with E-state index < -0.39 is 5.97 Å². The van der Waals surface area contributed by atoms with Crippen molar-refractivity contribution in [3.63, 3.8) is 0 Å². The van der Waals surface area contributed by atoms with Crippen LogP contribution in [0.4, 0.5) is 5.69 Å². The number of aryl methyl sites for hydroxylation is 1. The zero-order valence-electron chi connectivity index (χ0n) is 11.3. The summed E-state index contributed by atoms with van der Waals surface area (Å²) in [5.74, 6) is -1.16. The van der Waals surface area contributed by atoms with E-state index in [1.807, 2.05) is 19.1 Å². The highest BCUT2D eigenvalue weighted by Crippen LogP contribution is 2.21. The van der Waals surface area contributed by atoms with Gasteiger partial charge < -0.3 is 15.2 Å². The van der Waals surface area contributed by atoms with Gasteiger partial charge in [-0.15, -0.1) is 0 Å². The molecule has 1 amide bonds. The lowest BCUT2D eigenvalue weighted by atomic mass is 10.1. The van der Waals surface area contributed by atoms with Crippen LogP contribution in [0.5, 0.6) is 0 Å². The maximum absolute atomic E-state index is 12.0. The third kappa shape index (κ3) is 3.68. The van der Waals surface area contributed by atoms with Gasteiger partial charge in [-0.05, 0) is 36.6 Å². The van der Waals surface area contributed by atoms with Crippen LogP contribution in [0.25, 0.3) is 6.08 Å². The molecule has 1 unspecified atom stereocenters. The molecule has 1 saturated heterocycles. The first kappa shape index (κ1) is 14.3. The van der Waals surface area contributed by atoms with Crippen LogP contribution in [0.2, 0.25) is 0 Å². The van der Waals surface area contributed by atoms with Gasteiger partial charge in [0.2, 0.25) is 5.91 Å². The lowest BCUT2D eigenvalue weighted by molar-refractivity contribution is -0.131. The second-order valence-electron chi connectivity index (χ2n) is 4.80. The van der Waals surface area contributed by atoms with E-state index in [1.165, 1.54) is 6.08 Å². The highest BCUT2D eigenvalue weighted by molar-refractivity contribution is 5.94. The van der Waals surface area contributed by atoms with Gasteiger partial charge in [0, 0.05) is 18.4 Å². The van der Waals surface area contributed by atoms with E-state index in [0.717, 1.165) is 23.6 Å². The Bertz CT molecular complexity index is 545. The topological polar surface area (TPSA) is 75.6 Å². The minimum Gasteiger partial charge on any atom is -0.478 e. The number of hydrogen-bond acceptors (Lipinski definition) is 3. The summed E-state index contributed by atoms with van der Waals surface area (Å²) in [6, 6.07) is 5.42. The quantitative estimate of drug-likeness (QED) is 0.825. The molecule has 1 heterocycles. The molecule has 20 heavy (non-hydrogen) atoms. The van der Waals surface area contributed by atoms with E-state index in [-0.39, 0.29) is 11.8 Å². The number of ether oxygens (including phenoxy) is 1. The van der Waals surface area contributed by atoms with Crippen LogP contribution in [-0.2, 0) is 14.3 Å². The second-order valence-corrected chi connectivity index (χ2v) is 4.80. The van der Waals surface area contributed by atoms with Crippen LogP contribution in [0.15, 0.2) is 24.3 Å². The Hall–Kier alpha value is -2.14. The molecular weight excluding hydrogens is 258 g/mol. The summed E-state index contributed by atoms with van der Waals surface area (Å²) in [5.41, 5.74) is 2.37. The molecule has 1 aromatic rings. The van der Waals surface area contributed by atoms with Crippen molar-refractivity contribution in [1.29, 1.82) is 0 Å². The maximum atomic E-state index is 12.0. The summed E-state index contributed by atoms with van der Waals surface area (Å²) in [7, 11) is 0. The molecule has 0 radical (unpaired) electrons. The van der Waals surface area contributed by atoms with Gasteiger partial charge >= 0.3 is 5.97 Å². The molecule has 0 bridgehead atoms. The Morgan fingerprint density at radius 2 is 2.25 bits per heavy atom. The fraction of sp³-hybridized carbons (Fsp3) is 0.333. The van der Waals surface area contributed by atoms with Crippen LogP contribution in [0.3, 0.4) is 0 Å². The summed E-state index contributed by atoms with van der Waals surface area (Å²) in [6.07, 6.45) is 3.31. The number of anilines is 1. The average Bonchev–Trinajstić information content (AvgIpc) is 2.93. The summed E-state index contributed by atoms with van der Waals surface area (Å²) >= 11 is 0. The first-order valence-electron chi connectivity index (χ1n) is 6.46. The number of rotatable bonds is 4. The Morgan fingerprint density at radius 3 is 2.90 bits per heavy atom. The predicted octanol–water partition coefficient (Wildman–Crippen LogP) is 2.07. The van der Waals surface area contributed by atoms with Crippen molar-refractivity contribution in [3.8, 4) is 0 Å². The first-order chi connectivity index (χ1) is 9.56. The normalized spacial score (nSPS) is 18.4. The van der Waals surface area contributed by atoms with Gasteiger partial charge in [0.25, 0.3) is 0 Å². The summed E-state index contributed by atoms with van der Waals surface area (Å²) < 4.78 is 5.20. The lowest BCUT2D eigenvalue weighted by Gasteiger charge is -2.12. The van der Waals surface area contributed by atoms with Crippen molar-refractivity contribution >= 4 is 23.6 Å². The number of carbonyl (C=O) groups is 2. The minimum atomic E-state index is -1.00. The van der Waals surface area contributed by atoms with E-state index in [4.69, 9.17) is 9.84 Å². The molecule has 2 N–H and O–H groups in total. The van der Waals surface area contributed by atoms with Crippen molar-refractivity contribution in [2.24, 2.45) is 5.92 Å². The zero-order valence-corrected chi connectivity index (χ0v) is 11.3. The molecule has 0 saturated carbocycles. The molecule has 0 aromatic heterocycles. The van der Waals surface area contributed by atoms with Crippen molar-refractivity contribution in [1.82, 2.24) is 0 Å². The Morgan fingerprint density at radius 1 is 1.45 bits per heavy atom. The van der Waals surface area contributed by atoms with Crippen LogP contribution < -0.4 is 5.32 Å². The van der Waals surface area contributed by atoms with Crippen molar-refractivity contribution in [3.05, 3.63) is 35.4 Å². The number of carbonyl (C=O) groups excluding carboxylic acids is 1. The fourth-order valence-corrected chi connectivity index (χ4v) is 2.02.